The lowest BCUT2D eigenvalue weighted by atomic mass is 9.87. The number of imide groups is 1. The Labute approximate surface area is 174 Å². The first-order chi connectivity index (χ1) is 14.0. The van der Waals surface area contributed by atoms with Crippen molar-refractivity contribution in [3.05, 3.63) is 65.2 Å². The Kier molecular flexibility index (Phi) is 5.10. The molecule has 29 heavy (non-hydrogen) atoms. The molecule has 6 nitrogen and oxygen atoms in total. The van der Waals surface area contributed by atoms with Crippen LogP contribution < -0.4 is 10.2 Å². The van der Waals surface area contributed by atoms with Crippen LogP contribution in [0.1, 0.15) is 36.9 Å². The van der Waals surface area contributed by atoms with Crippen molar-refractivity contribution in [3.8, 4) is 0 Å². The van der Waals surface area contributed by atoms with Gasteiger partial charge in [0.25, 0.3) is 5.91 Å². The Bertz CT molecular complexity index is 1020. The highest BCUT2D eigenvalue weighted by Gasteiger charge is 2.52. The van der Waals surface area contributed by atoms with Crippen molar-refractivity contribution in [2.24, 2.45) is 0 Å². The van der Waals surface area contributed by atoms with Gasteiger partial charge in [0.15, 0.2) is 11.7 Å². The summed E-state index contributed by atoms with van der Waals surface area (Å²) >= 11 is 1.66. The van der Waals surface area contributed by atoms with E-state index in [9.17, 15) is 9.59 Å². The smallest absolute Gasteiger partial charge is 0.319 e. The number of urea groups is 1. The second-order valence-corrected chi connectivity index (χ2v) is 8.60. The van der Waals surface area contributed by atoms with E-state index >= 15 is 0 Å². The third kappa shape index (κ3) is 3.30. The van der Waals surface area contributed by atoms with Gasteiger partial charge in [-0.3, -0.25) is 4.79 Å². The van der Waals surface area contributed by atoms with Gasteiger partial charge in [0, 0.05) is 0 Å². The molecule has 1 saturated heterocycles. The highest BCUT2D eigenvalue weighted by Crippen LogP contribution is 2.32. The molecule has 1 unspecified atom stereocenters. The van der Waals surface area contributed by atoms with Crippen LogP contribution in [0.25, 0.3) is 10.2 Å². The molecule has 150 valence electrons. The molecule has 0 spiro atoms. The van der Waals surface area contributed by atoms with E-state index in [1.807, 2.05) is 62.5 Å². The standard InChI is InChI=1S/C22H24N4O2S/c1-4-22(16-10-6-5-7-11-16)20(27)26(21(28)24-22)14-25(3)15(2)19-23-17-12-8-9-13-18(17)29-19/h5-13,15H,4,14H2,1-3H3,(H,24,28)/p+1/t15-,22-/m0/s1. The number of fused-ring (bicyclic) bond motifs is 1. The zero-order chi connectivity index (χ0) is 20.6. The Balaban J connectivity index is 1.55. The number of benzene rings is 2. The van der Waals surface area contributed by atoms with Crippen LogP contribution in [0.5, 0.6) is 0 Å². The van der Waals surface area contributed by atoms with E-state index in [2.05, 4.69) is 18.3 Å². The van der Waals surface area contributed by atoms with E-state index < -0.39 is 5.54 Å². The lowest BCUT2D eigenvalue weighted by Gasteiger charge is -2.27. The van der Waals surface area contributed by atoms with Gasteiger partial charge in [0.05, 0.1) is 17.3 Å². The maximum Gasteiger partial charge on any atom is 0.329 e. The van der Waals surface area contributed by atoms with Crippen molar-refractivity contribution < 1.29 is 14.5 Å². The molecule has 0 radical (unpaired) electrons. The fraction of sp³-hybridized carbons (Fsp3) is 0.318. The number of aromatic nitrogens is 1. The van der Waals surface area contributed by atoms with Crippen LogP contribution in [0.3, 0.4) is 0 Å². The Morgan fingerprint density at radius 1 is 1.14 bits per heavy atom. The number of thiazole rings is 1. The second kappa shape index (κ2) is 7.57. The summed E-state index contributed by atoms with van der Waals surface area (Å²) < 4.78 is 1.14. The minimum Gasteiger partial charge on any atom is -0.319 e. The normalized spacial score (nSPS) is 21.4. The van der Waals surface area contributed by atoms with Gasteiger partial charge in [-0.15, -0.1) is 11.3 Å². The summed E-state index contributed by atoms with van der Waals surface area (Å²) in [5.74, 6) is -0.188. The summed E-state index contributed by atoms with van der Waals surface area (Å²) in [5.41, 5.74) is 0.814. The van der Waals surface area contributed by atoms with Gasteiger partial charge in [0.1, 0.15) is 11.6 Å². The highest BCUT2D eigenvalue weighted by molar-refractivity contribution is 7.18. The largest absolute Gasteiger partial charge is 0.329 e. The second-order valence-electron chi connectivity index (χ2n) is 7.53. The first-order valence-electron chi connectivity index (χ1n) is 9.83. The number of hydrogen-bond acceptors (Lipinski definition) is 4. The molecular formula is C22H25N4O2S+. The molecule has 1 aliphatic rings. The summed E-state index contributed by atoms with van der Waals surface area (Å²) in [6.45, 7) is 4.29. The van der Waals surface area contributed by atoms with Crippen LogP contribution in [0.15, 0.2) is 54.6 Å². The fourth-order valence-electron chi connectivity index (χ4n) is 3.80. The first kappa shape index (κ1) is 19.5. The SMILES string of the molecule is CC[C@@]1(c2ccccc2)NC(=O)N(C[NH+](C)[C@@H](C)c2nc3ccccc3s2)C1=O. The number of nitrogens with zero attached hydrogens (tertiary/aromatic N) is 2. The molecule has 1 fully saturated rings. The number of hydrogen-bond donors (Lipinski definition) is 2. The van der Waals surface area contributed by atoms with Crippen LogP contribution >= 0.6 is 11.3 Å². The predicted molar refractivity (Wildman–Crippen MR) is 114 cm³/mol. The number of nitrogens with one attached hydrogen (secondary N) is 2. The highest BCUT2D eigenvalue weighted by atomic mass is 32.1. The minimum atomic E-state index is -0.988. The topological polar surface area (TPSA) is 66.7 Å². The van der Waals surface area contributed by atoms with Crippen molar-refractivity contribution >= 4 is 33.5 Å². The maximum atomic E-state index is 13.3. The molecule has 0 saturated carbocycles. The van der Waals surface area contributed by atoms with Crippen LogP contribution in [0, 0.1) is 0 Å². The number of para-hydroxylation sites is 1. The first-order valence-corrected chi connectivity index (χ1v) is 10.7. The molecular weight excluding hydrogens is 384 g/mol. The molecule has 1 aliphatic heterocycles. The van der Waals surface area contributed by atoms with Crippen LogP contribution in [0.2, 0.25) is 0 Å². The number of quaternary nitrogens is 1. The molecule has 0 bridgehead atoms. The molecule has 2 aromatic carbocycles. The molecule has 3 atom stereocenters. The van der Waals surface area contributed by atoms with Crippen molar-refractivity contribution in [2.45, 2.75) is 31.8 Å². The zero-order valence-corrected chi connectivity index (χ0v) is 17.6. The summed E-state index contributed by atoms with van der Waals surface area (Å²) in [4.78, 5) is 33.2. The Hall–Kier alpha value is -2.77. The van der Waals surface area contributed by atoms with E-state index in [1.54, 1.807) is 11.3 Å². The average molecular weight is 410 g/mol. The van der Waals surface area contributed by atoms with Crippen LogP contribution in [-0.4, -0.2) is 35.5 Å². The summed E-state index contributed by atoms with van der Waals surface area (Å²) in [7, 11) is 1.99. The van der Waals surface area contributed by atoms with E-state index in [4.69, 9.17) is 4.98 Å². The van der Waals surface area contributed by atoms with Crippen molar-refractivity contribution in [1.29, 1.82) is 0 Å². The van der Waals surface area contributed by atoms with Crippen molar-refractivity contribution in [2.75, 3.05) is 13.7 Å². The summed E-state index contributed by atoms with van der Waals surface area (Å²) in [5, 5.41) is 3.95. The molecule has 0 aliphatic carbocycles. The zero-order valence-electron chi connectivity index (χ0n) is 16.8. The van der Waals surface area contributed by atoms with E-state index in [0.29, 0.717) is 6.42 Å². The number of carbonyl (C=O) groups is 2. The molecule has 1 aromatic heterocycles. The van der Waals surface area contributed by atoms with Crippen molar-refractivity contribution in [3.63, 3.8) is 0 Å². The van der Waals surface area contributed by atoms with Gasteiger partial charge in [0.2, 0.25) is 0 Å². The van der Waals surface area contributed by atoms with Gasteiger partial charge < -0.3 is 10.2 Å². The quantitative estimate of drug-likeness (QED) is 0.615. The lowest BCUT2D eigenvalue weighted by Crippen LogP contribution is -3.10. The molecule has 7 heteroatoms. The van der Waals surface area contributed by atoms with Gasteiger partial charge >= 0.3 is 6.03 Å². The number of amides is 3. The van der Waals surface area contributed by atoms with Gasteiger partial charge in [-0.1, -0.05) is 49.4 Å². The fourth-order valence-corrected chi connectivity index (χ4v) is 4.92. The molecule has 2 N–H and O–H groups in total. The van der Waals surface area contributed by atoms with Crippen LogP contribution in [-0.2, 0) is 10.3 Å². The molecule has 2 heterocycles. The average Bonchev–Trinajstić information content (AvgIpc) is 3.28. The van der Waals surface area contributed by atoms with Gasteiger partial charge in [-0.25, -0.2) is 14.7 Å². The van der Waals surface area contributed by atoms with E-state index in [0.717, 1.165) is 25.7 Å². The minimum absolute atomic E-state index is 0.0568. The molecule has 3 amide bonds. The Morgan fingerprint density at radius 3 is 2.52 bits per heavy atom. The van der Waals surface area contributed by atoms with Gasteiger partial charge in [-0.2, -0.15) is 0 Å². The number of rotatable bonds is 6. The van der Waals surface area contributed by atoms with Gasteiger partial charge in [-0.05, 0) is 31.0 Å². The summed E-state index contributed by atoms with van der Waals surface area (Å²) in [6, 6.07) is 17.2. The summed E-state index contributed by atoms with van der Waals surface area (Å²) in [6.07, 6.45) is 0.505. The molecule has 3 aromatic rings. The van der Waals surface area contributed by atoms with Crippen molar-refractivity contribution in [1.82, 2.24) is 15.2 Å². The molecule has 4 rings (SSSR count). The monoisotopic (exact) mass is 409 g/mol. The number of carbonyl (C=O) groups excluding carboxylic acids is 2. The van der Waals surface area contributed by atoms with E-state index in [-0.39, 0.29) is 24.6 Å². The third-order valence-corrected chi connectivity index (χ3v) is 7.02. The predicted octanol–water partition coefficient (Wildman–Crippen LogP) is 2.69. The van der Waals surface area contributed by atoms with E-state index in [1.165, 1.54) is 4.90 Å². The maximum absolute atomic E-state index is 13.3. The Morgan fingerprint density at radius 2 is 1.83 bits per heavy atom. The third-order valence-electron chi connectivity index (χ3n) is 5.80. The van der Waals surface area contributed by atoms with Crippen LogP contribution in [0.4, 0.5) is 4.79 Å². The lowest BCUT2D eigenvalue weighted by molar-refractivity contribution is -0.917.